The molecule has 5 rings (SSSR count). The van der Waals surface area contributed by atoms with Crippen molar-refractivity contribution in [3.8, 4) is 0 Å². The minimum atomic E-state index is -4.54. The van der Waals surface area contributed by atoms with Gasteiger partial charge in [0.2, 0.25) is 5.69 Å². The van der Waals surface area contributed by atoms with Crippen LogP contribution in [-0.2, 0) is 50.7 Å². The second-order valence-electron chi connectivity index (χ2n) is 15.9. The summed E-state index contributed by atoms with van der Waals surface area (Å²) in [5.41, 5.74) is 4.46. The van der Waals surface area contributed by atoms with Gasteiger partial charge in [0.05, 0.1) is 21.0 Å². The number of carboxylic acids is 1. The first-order valence-electron chi connectivity index (χ1n) is 19.9. The van der Waals surface area contributed by atoms with Crippen molar-refractivity contribution in [1.29, 1.82) is 0 Å². The summed E-state index contributed by atoms with van der Waals surface area (Å²) in [6.07, 6.45) is 12.6. The number of fused-ring (bicyclic) bond motifs is 2. The highest BCUT2D eigenvalue weighted by atomic mass is 35.5. The van der Waals surface area contributed by atoms with Crippen molar-refractivity contribution in [3.63, 3.8) is 0 Å². The smallest absolute Gasteiger partial charge is 0.303 e. The molecular formula is C42H54ClN2O12S3+. The Bertz CT molecular complexity index is 2510. The Balaban J connectivity index is 1.58. The lowest BCUT2D eigenvalue weighted by Crippen LogP contribution is -2.33. The molecule has 0 amide bonds. The molecular weight excluding hydrogens is 856 g/mol. The quantitative estimate of drug-likeness (QED) is 0.0604. The predicted molar refractivity (Wildman–Crippen MR) is 230 cm³/mol. The van der Waals surface area contributed by atoms with Gasteiger partial charge in [0, 0.05) is 72.6 Å². The van der Waals surface area contributed by atoms with E-state index in [1.165, 1.54) is 24.3 Å². The molecule has 4 N–H and O–H groups in total. The number of hydrogen-bond acceptors (Lipinski definition) is 9. The maximum atomic E-state index is 12.3. The van der Waals surface area contributed by atoms with Crippen LogP contribution in [0.25, 0.3) is 0 Å². The summed E-state index contributed by atoms with van der Waals surface area (Å²) >= 11 is 7.19. The maximum absolute atomic E-state index is 12.3. The van der Waals surface area contributed by atoms with Gasteiger partial charge in [-0.2, -0.15) is 29.8 Å². The number of allylic oxidation sites excluding steroid dienone is 8. The molecule has 2 aliphatic heterocycles. The van der Waals surface area contributed by atoms with Gasteiger partial charge >= 0.3 is 5.97 Å². The molecule has 328 valence electrons. The SMILES string of the molecule is CCN1/C(=C/C=C2\CCCC(/C=C/C3=[N+](CCCCCC(=O)O)c4ccc(S(=O)(=O)O)cc4C3(C)CCOC)=C2Cl)C(C)(CCCS(=O)(=O)O)c2cc(S(=O)(=O)O)ccc21. The topological polar surface area (TPSA) is 216 Å². The summed E-state index contributed by atoms with van der Waals surface area (Å²) in [4.78, 5) is 12.7. The fourth-order valence-electron chi connectivity index (χ4n) is 8.70. The minimum absolute atomic E-state index is 0.0567. The number of aliphatic carboxylic acids is 1. The number of likely N-dealkylation sites (N-methyl/N-ethyl adjacent to an activating group) is 1. The third kappa shape index (κ3) is 10.5. The van der Waals surface area contributed by atoms with Crippen molar-refractivity contribution in [2.45, 2.75) is 106 Å². The lowest BCUT2D eigenvalue weighted by atomic mass is 9.76. The largest absolute Gasteiger partial charge is 0.481 e. The molecule has 1 aliphatic carbocycles. The number of methoxy groups -OCH3 is 1. The van der Waals surface area contributed by atoms with E-state index in [9.17, 15) is 43.7 Å². The zero-order valence-corrected chi connectivity index (χ0v) is 37.4. The number of carboxylic acid groups (broad SMARTS) is 1. The Morgan fingerprint density at radius 1 is 0.867 bits per heavy atom. The molecule has 2 unspecified atom stereocenters. The summed E-state index contributed by atoms with van der Waals surface area (Å²) < 4.78 is 109. The molecule has 0 spiro atoms. The third-order valence-electron chi connectivity index (χ3n) is 11.8. The van der Waals surface area contributed by atoms with Gasteiger partial charge in [-0.3, -0.25) is 18.5 Å². The van der Waals surface area contributed by atoms with Crippen molar-refractivity contribution < 1.29 is 58.1 Å². The number of rotatable bonds is 19. The first-order chi connectivity index (χ1) is 28.0. The van der Waals surface area contributed by atoms with E-state index in [4.69, 9.17) is 21.4 Å². The fourth-order valence-corrected chi connectivity index (χ4v) is 10.5. The highest BCUT2D eigenvalue weighted by Gasteiger charge is 2.48. The Morgan fingerprint density at radius 2 is 1.53 bits per heavy atom. The Morgan fingerprint density at radius 3 is 2.15 bits per heavy atom. The normalized spacial score (nSPS) is 22.4. The number of unbranched alkanes of at least 4 members (excludes halogenated alkanes) is 2. The zero-order chi connectivity index (χ0) is 44.3. The molecule has 0 saturated heterocycles. The molecule has 3 aliphatic rings. The van der Waals surface area contributed by atoms with Crippen LogP contribution in [0.2, 0.25) is 0 Å². The molecule has 0 radical (unpaired) electrons. The van der Waals surface area contributed by atoms with E-state index in [1.807, 2.05) is 50.0 Å². The van der Waals surface area contributed by atoms with Crippen molar-refractivity contribution in [1.82, 2.24) is 0 Å². The van der Waals surface area contributed by atoms with Gasteiger partial charge in [-0.25, -0.2) is 0 Å². The summed E-state index contributed by atoms with van der Waals surface area (Å²) in [6, 6.07) is 8.91. The summed E-state index contributed by atoms with van der Waals surface area (Å²) in [5.74, 6) is -1.35. The van der Waals surface area contributed by atoms with Crippen LogP contribution in [-0.4, -0.2) is 92.8 Å². The van der Waals surface area contributed by atoms with Crippen LogP contribution in [0.15, 0.2) is 92.4 Å². The average Bonchev–Trinajstić information content (AvgIpc) is 3.54. The highest BCUT2D eigenvalue weighted by molar-refractivity contribution is 7.86. The summed E-state index contributed by atoms with van der Waals surface area (Å²) in [5, 5.41) is 9.69. The van der Waals surface area contributed by atoms with E-state index in [2.05, 4.69) is 4.58 Å². The van der Waals surface area contributed by atoms with Gasteiger partial charge in [-0.05, 0) is 125 Å². The van der Waals surface area contributed by atoms with E-state index in [-0.39, 0.29) is 29.1 Å². The van der Waals surface area contributed by atoms with Crippen molar-refractivity contribution >= 4 is 65.0 Å². The van der Waals surface area contributed by atoms with Gasteiger partial charge in [-0.15, -0.1) is 0 Å². The average molecular weight is 911 g/mol. The van der Waals surface area contributed by atoms with Crippen LogP contribution >= 0.6 is 11.6 Å². The number of carbonyl (C=O) groups is 1. The van der Waals surface area contributed by atoms with Crippen LogP contribution in [0.3, 0.4) is 0 Å². The number of anilines is 1. The lowest BCUT2D eigenvalue weighted by Gasteiger charge is -2.30. The van der Waals surface area contributed by atoms with Crippen molar-refractivity contribution in [2.24, 2.45) is 0 Å². The molecule has 2 atom stereocenters. The van der Waals surface area contributed by atoms with Gasteiger partial charge in [-0.1, -0.05) is 23.8 Å². The van der Waals surface area contributed by atoms with E-state index in [1.54, 1.807) is 19.2 Å². The molecule has 0 saturated carbocycles. The van der Waals surface area contributed by atoms with Crippen LogP contribution < -0.4 is 4.90 Å². The number of benzene rings is 2. The summed E-state index contributed by atoms with van der Waals surface area (Å²) in [7, 11) is -11.7. The maximum Gasteiger partial charge on any atom is 0.303 e. The van der Waals surface area contributed by atoms with Crippen LogP contribution in [0.1, 0.15) is 96.1 Å². The minimum Gasteiger partial charge on any atom is -0.481 e. The Labute approximate surface area is 358 Å². The van der Waals surface area contributed by atoms with Gasteiger partial charge in [0.1, 0.15) is 6.54 Å². The number of hydrogen-bond donors (Lipinski definition) is 4. The highest BCUT2D eigenvalue weighted by Crippen LogP contribution is 2.51. The molecule has 0 bridgehead atoms. The van der Waals surface area contributed by atoms with E-state index in [0.29, 0.717) is 80.1 Å². The van der Waals surface area contributed by atoms with Gasteiger partial charge in [0.15, 0.2) is 5.71 Å². The van der Waals surface area contributed by atoms with Gasteiger partial charge < -0.3 is 14.7 Å². The standard InChI is InChI=1S/C42H53ClN2O12S3/c1-5-44-35-18-16-31(59(51,52)53)27-33(35)41(2,22-10-26-58(48,49)50)37(44)20-14-29-11-9-12-30(40(29)43)15-21-38-42(3,23-25-57-4)34-28-32(60(54,55)56)17-19-36(34)45(38)24-8-6-7-13-39(46)47/h14-21,27-28H,5-13,22-26H2,1-4H3,(H3-,46,47,48,49,50,51,52,53,54,55,56)/p+1. The molecule has 14 nitrogen and oxygen atoms in total. The zero-order valence-electron chi connectivity index (χ0n) is 34.2. The first kappa shape index (κ1) is 47.4. The van der Waals surface area contributed by atoms with E-state index < -0.39 is 52.9 Å². The molecule has 18 heteroatoms. The first-order valence-corrected chi connectivity index (χ1v) is 24.7. The van der Waals surface area contributed by atoms with Crippen LogP contribution in [0.5, 0.6) is 0 Å². The lowest BCUT2D eigenvalue weighted by molar-refractivity contribution is -0.438. The van der Waals surface area contributed by atoms with Crippen LogP contribution in [0, 0.1) is 0 Å². The second kappa shape index (κ2) is 18.7. The van der Waals surface area contributed by atoms with Crippen molar-refractivity contribution in [3.05, 3.63) is 93.7 Å². The van der Waals surface area contributed by atoms with Crippen molar-refractivity contribution in [2.75, 3.05) is 37.5 Å². The number of ether oxygens (including phenoxy) is 1. The molecule has 2 aromatic carbocycles. The van der Waals surface area contributed by atoms with Gasteiger partial charge in [0.25, 0.3) is 30.4 Å². The Kier molecular flexibility index (Phi) is 14.8. The molecule has 2 heterocycles. The fraction of sp³-hybridized carbons (Fsp3) is 0.476. The predicted octanol–water partition coefficient (Wildman–Crippen LogP) is 7.73. The molecule has 0 aromatic heterocycles. The number of nitrogens with zero attached hydrogens (tertiary/aromatic N) is 2. The van der Waals surface area contributed by atoms with Crippen LogP contribution in [0.4, 0.5) is 11.4 Å². The van der Waals surface area contributed by atoms with E-state index in [0.717, 1.165) is 34.7 Å². The monoisotopic (exact) mass is 909 g/mol. The number of halogens is 1. The molecule has 2 aromatic rings. The third-order valence-corrected chi connectivity index (χ3v) is 14.8. The Hall–Kier alpha value is -3.68. The molecule has 0 fully saturated rings. The second-order valence-corrected chi connectivity index (χ2v) is 20.7. The van der Waals surface area contributed by atoms with E-state index >= 15 is 0 Å². The molecule has 60 heavy (non-hydrogen) atoms. The summed E-state index contributed by atoms with van der Waals surface area (Å²) in [6.45, 7) is 7.18.